The van der Waals surface area contributed by atoms with Gasteiger partial charge in [0, 0.05) is 24.2 Å². The molecule has 0 aromatic carbocycles. The summed E-state index contributed by atoms with van der Waals surface area (Å²) in [5, 5.41) is 8.60. The predicted octanol–water partition coefficient (Wildman–Crippen LogP) is 0.715. The van der Waals surface area contributed by atoms with Gasteiger partial charge in [-0.25, -0.2) is 9.78 Å². The minimum atomic E-state index is -1.02. The molecule has 0 bridgehead atoms. The van der Waals surface area contributed by atoms with Crippen molar-refractivity contribution in [2.45, 2.75) is 6.42 Å². The third-order valence-electron chi connectivity index (χ3n) is 1.79. The molecule has 4 heteroatoms. The minimum Gasteiger partial charge on any atom is -0.493 e. The van der Waals surface area contributed by atoms with Crippen molar-refractivity contribution in [3.8, 4) is 5.75 Å². The molecule has 0 aliphatic carbocycles. The summed E-state index contributed by atoms with van der Waals surface area (Å²) in [7, 11) is 0. The van der Waals surface area contributed by atoms with Gasteiger partial charge in [0.15, 0.2) is 5.69 Å². The largest absolute Gasteiger partial charge is 0.493 e. The van der Waals surface area contributed by atoms with Crippen molar-refractivity contribution < 1.29 is 14.6 Å². The molecule has 12 heavy (non-hydrogen) atoms. The topological polar surface area (TPSA) is 59.4 Å². The second kappa shape index (κ2) is 2.48. The summed E-state index contributed by atoms with van der Waals surface area (Å²) >= 11 is 0. The van der Waals surface area contributed by atoms with Crippen LogP contribution in [-0.2, 0) is 6.42 Å². The van der Waals surface area contributed by atoms with Crippen molar-refractivity contribution in [2.24, 2.45) is 0 Å². The SMILES string of the molecule is O=C(O)c1cc2c(cn1)CCO2. The first kappa shape index (κ1) is 7.09. The van der Waals surface area contributed by atoms with Gasteiger partial charge in [-0.15, -0.1) is 0 Å². The zero-order valence-corrected chi connectivity index (χ0v) is 6.28. The molecule has 1 aliphatic heterocycles. The van der Waals surface area contributed by atoms with Crippen LogP contribution in [0.3, 0.4) is 0 Å². The van der Waals surface area contributed by atoms with Gasteiger partial charge in [-0.3, -0.25) is 0 Å². The van der Waals surface area contributed by atoms with E-state index in [1.807, 2.05) is 0 Å². The summed E-state index contributed by atoms with van der Waals surface area (Å²) in [4.78, 5) is 14.3. The third-order valence-corrected chi connectivity index (χ3v) is 1.79. The van der Waals surface area contributed by atoms with Crippen molar-refractivity contribution >= 4 is 5.97 Å². The summed E-state index contributed by atoms with van der Waals surface area (Å²) in [5.41, 5.74) is 1.02. The maximum atomic E-state index is 10.5. The van der Waals surface area contributed by atoms with E-state index < -0.39 is 5.97 Å². The summed E-state index contributed by atoms with van der Waals surface area (Å²) < 4.78 is 5.19. The Morgan fingerprint density at radius 2 is 2.50 bits per heavy atom. The van der Waals surface area contributed by atoms with E-state index in [1.165, 1.54) is 6.07 Å². The lowest BCUT2D eigenvalue weighted by Gasteiger charge is -1.98. The van der Waals surface area contributed by atoms with Crippen LogP contribution in [0.15, 0.2) is 12.3 Å². The maximum absolute atomic E-state index is 10.5. The van der Waals surface area contributed by atoms with E-state index in [0.717, 1.165) is 12.0 Å². The predicted molar refractivity (Wildman–Crippen MR) is 40.4 cm³/mol. The molecule has 2 rings (SSSR count). The van der Waals surface area contributed by atoms with Gasteiger partial charge in [-0.1, -0.05) is 0 Å². The Bertz CT molecular complexity index is 335. The lowest BCUT2D eigenvalue weighted by Crippen LogP contribution is -1.99. The number of nitrogens with zero attached hydrogens (tertiary/aromatic N) is 1. The van der Waals surface area contributed by atoms with Crippen LogP contribution < -0.4 is 4.74 Å². The van der Waals surface area contributed by atoms with Gasteiger partial charge in [0.05, 0.1) is 6.61 Å². The van der Waals surface area contributed by atoms with E-state index >= 15 is 0 Å². The number of carbonyl (C=O) groups is 1. The summed E-state index contributed by atoms with van der Waals surface area (Å²) in [6.07, 6.45) is 2.38. The molecule has 4 nitrogen and oxygen atoms in total. The van der Waals surface area contributed by atoms with Crippen molar-refractivity contribution in [1.29, 1.82) is 0 Å². The lowest BCUT2D eigenvalue weighted by molar-refractivity contribution is 0.0690. The summed E-state index contributed by atoms with van der Waals surface area (Å²) in [6, 6.07) is 1.46. The number of carboxylic acid groups (broad SMARTS) is 1. The van der Waals surface area contributed by atoms with Crippen LogP contribution in [0.1, 0.15) is 16.1 Å². The molecule has 0 amide bonds. The second-order valence-corrected chi connectivity index (χ2v) is 2.58. The van der Waals surface area contributed by atoms with Crippen LogP contribution in [0.5, 0.6) is 5.75 Å². The molecule has 1 aliphatic rings. The van der Waals surface area contributed by atoms with E-state index in [1.54, 1.807) is 6.20 Å². The van der Waals surface area contributed by atoms with E-state index in [0.29, 0.717) is 12.4 Å². The van der Waals surface area contributed by atoms with Crippen LogP contribution in [-0.4, -0.2) is 22.7 Å². The number of carboxylic acids is 1. The van der Waals surface area contributed by atoms with Gasteiger partial charge in [-0.05, 0) is 0 Å². The van der Waals surface area contributed by atoms with Crippen molar-refractivity contribution in [1.82, 2.24) is 4.98 Å². The van der Waals surface area contributed by atoms with Gasteiger partial charge >= 0.3 is 5.97 Å². The van der Waals surface area contributed by atoms with Crippen molar-refractivity contribution in [3.05, 3.63) is 23.5 Å². The second-order valence-electron chi connectivity index (χ2n) is 2.58. The van der Waals surface area contributed by atoms with Crippen LogP contribution >= 0.6 is 0 Å². The van der Waals surface area contributed by atoms with Crippen LogP contribution in [0, 0.1) is 0 Å². The smallest absolute Gasteiger partial charge is 0.354 e. The summed E-state index contributed by atoms with van der Waals surface area (Å²) in [5.74, 6) is -0.365. The number of rotatable bonds is 1. The highest BCUT2D eigenvalue weighted by Gasteiger charge is 2.15. The highest BCUT2D eigenvalue weighted by molar-refractivity contribution is 5.85. The van der Waals surface area contributed by atoms with Crippen molar-refractivity contribution in [2.75, 3.05) is 6.61 Å². The summed E-state index contributed by atoms with van der Waals surface area (Å²) in [6.45, 7) is 0.625. The first-order valence-electron chi connectivity index (χ1n) is 3.62. The Morgan fingerprint density at radius 3 is 3.25 bits per heavy atom. The van der Waals surface area contributed by atoms with Gasteiger partial charge in [0.1, 0.15) is 5.75 Å². The number of fused-ring (bicyclic) bond motifs is 1. The van der Waals surface area contributed by atoms with Crippen LogP contribution in [0.2, 0.25) is 0 Å². The molecule has 0 spiro atoms. The normalized spacial score (nSPS) is 13.7. The lowest BCUT2D eigenvalue weighted by atomic mass is 10.2. The highest BCUT2D eigenvalue weighted by atomic mass is 16.5. The van der Waals surface area contributed by atoms with E-state index in [9.17, 15) is 4.79 Å². The highest BCUT2D eigenvalue weighted by Crippen LogP contribution is 2.24. The quantitative estimate of drug-likeness (QED) is 0.665. The maximum Gasteiger partial charge on any atom is 0.354 e. The molecule has 2 heterocycles. The first-order chi connectivity index (χ1) is 5.77. The fourth-order valence-electron chi connectivity index (χ4n) is 1.18. The van der Waals surface area contributed by atoms with Gasteiger partial charge in [0.25, 0.3) is 0 Å². The Hall–Kier alpha value is -1.58. The zero-order valence-electron chi connectivity index (χ0n) is 6.28. The zero-order chi connectivity index (χ0) is 8.55. The van der Waals surface area contributed by atoms with E-state index in [4.69, 9.17) is 9.84 Å². The molecule has 0 atom stereocenters. The average Bonchev–Trinajstić information content (AvgIpc) is 2.49. The Morgan fingerprint density at radius 1 is 1.67 bits per heavy atom. The fraction of sp³-hybridized carbons (Fsp3) is 0.250. The van der Waals surface area contributed by atoms with Crippen LogP contribution in [0.25, 0.3) is 0 Å². The average molecular weight is 165 g/mol. The monoisotopic (exact) mass is 165 g/mol. The Labute approximate surface area is 68.8 Å². The Balaban J connectivity index is 2.45. The standard InChI is InChI=1S/C8H7NO3/c10-8(11)6-3-7-5(4-9-6)1-2-12-7/h3-4H,1-2H2,(H,10,11). The first-order valence-corrected chi connectivity index (χ1v) is 3.62. The molecule has 62 valence electrons. The molecule has 0 saturated heterocycles. The number of hydrogen-bond acceptors (Lipinski definition) is 3. The van der Waals surface area contributed by atoms with E-state index in [2.05, 4.69) is 4.98 Å². The molecule has 0 radical (unpaired) electrons. The number of hydrogen-bond donors (Lipinski definition) is 1. The fourth-order valence-corrected chi connectivity index (χ4v) is 1.18. The molecule has 1 aromatic heterocycles. The number of aromatic nitrogens is 1. The van der Waals surface area contributed by atoms with Crippen LogP contribution in [0.4, 0.5) is 0 Å². The molecule has 0 unspecified atom stereocenters. The minimum absolute atomic E-state index is 0.0376. The molecule has 1 aromatic rings. The van der Waals surface area contributed by atoms with Gasteiger partial charge in [-0.2, -0.15) is 0 Å². The Kier molecular flexibility index (Phi) is 1.46. The molecular weight excluding hydrogens is 158 g/mol. The molecule has 1 N–H and O–H groups in total. The third kappa shape index (κ3) is 1.01. The van der Waals surface area contributed by atoms with E-state index in [-0.39, 0.29) is 5.69 Å². The molecule has 0 fully saturated rings. The number of aromatic carboxylic acids is 1. The van der Waals surface area contributed by atoms with Crippen molar-refractivity contribution in [3.63, 3.8) is 0 Å². The van der Waals surface area contributed by atoms with Gasteiger partial charge in [0.2, 0.25) is 0 Å². The van der Waals surface area contributed by atoms with Gasteiger partial charge < -0.3 is 9.84 Å². The number of ether oxygens (including phenoxy) is 1. The molecular formula is C8H7NO3. The molecule has 0 saturated carbocycles. The number of pyridine rings is 1.